The van der Waals surface area contributed by atoms with E-state index in [9.17, 15) is 4.39 Å². The molecule has 19 heavy (non-hydrogen) atoms. The normalized spacial score (nSPS) is 12.3. The lowest BCUT2D eigenvalue weighted by Gasteiger charge is -2.18. The van der Waals surface area contributed by atoms with Crippen molar-refractivity contribution in [1.29, 1.82) is 0 Å². The molecule has 0 amide bonds. The highest BCUT2D eigenvalue weighted by Crippen LogP contribution is 2.10. The lowest BCUT2D eigenvalue weighted by Crippen LogP contribution is -2.33. The first-order chi connectivity index (χ1) is 9.28. The van der Waals surface area contributed by atoms with Crippen LogP contribution in [-0.2, 0) is 12.8 Å². The van der Waals surface area contributed by atoms with Gasteiger partial charge in [0, 0.05) is 18.4 Å². The number of likely N-dealkylation sites (N-methyl/N-ethyl adjacent to an activating group) is 1. The molecule has 0 spiro atoms. The van der Waals surface area contributed by atoms with E-state index >= 15 is 0 Å². The number of rotatable bonds is 6. The van der Waals surface area contributed by atoms with Crippen LogP contribution in [-0.4, -0.2) is 17.6 Å². The van der Waals surface area contributed by atoms with Gasteiger partial charge in [0.1, 0.15) is 5.82 Å². The molecule has 1 unspecified atom stereocenters. The van der Waals surface area contributed by atoms with Gasteiger partial charge in [-0.1, -0.05) is 25.1 Å². The molecule has 1 heterocycles. The highest BCUT2D eigenvalue weighted by Gasteiger charge is 2.10. The van der Waals surface area contributed by atoms with Gasteiger partial charge in [0.15, 0.2) is 0 Å². The molecule has 0 saturated carbocycles. The summed E-state index contributed by atoms with van der Waals surface area (Å²) in [6.07, 6.45) is 5.38. The molecule has 1 N–H and O–H groups in total. The quantitative estimate of drug-likeness (QED) is 0.861. The zero-order valence-electron chi connectivity index (χ0n) is 11.1. The number of benzene rings is 1. The lowest BCUT2D eigenvalue weighted by molar-refractivity contribution is 0.519. The van der Waals surface area contributed by atoms with E-state index in [4.69, 9.17) is 0 Å². The largest absolute Gasteiger partial charge is 0.314 e. The van der Waals surface area contributed by atoms with E-state index < -0.39 is 0 Å². The zero-order valence-corrected chi connectivity index (χ0v) is 11.1. The molecule has 0 fully saturated rings. The molecule has 0 radical (unpaired) electrons. The van der Waals surface area contributed by atoms with Crippen LogP contribution < -0.4 is 5.32 Å². The van der Waals surface area contributed by atoms with E-state index in [1.807, 2.05) is 18.3 Å². The summed E-state index contributed by atoms with van der Waals surface area (Å²) in [5, 5.41) is 3.45. The third-order valence-electron chi connectivity index (χ3n) is 3.07. The van der Waals surface area contributed by atoms with Crippen molar-refractivity contribution in [3.63, 3.8) is 0 Å². The SMILES string of the molecule is CCNC(Cc1cccnc1)Cc1cccc(F)c1. The van der Waals surface area contributed by atoms with Gasteiger partial charge in [0.2, 0.25) is 0 Å². The molecule has 0 aliphatic rings. The Morgan fingerprint density at radius 1 is 1.16 bits per heavy atom. The topological polar surface area (TPSA) is 24.9 Å². The van der Waals surface area contributed by atoms with Crippen LogP contribution in [0.4, 0.5) is 4.39 Å². The summed E-state index contributed by atoms with van der Waals surface area (Å²) >= 11 is 0. The second-order valence-corrected chi connectivity index (χ2v) is 4.65. The fourth-order valence-corrected chi connectivity index (χ4v) is 2.26. The number of hydrogen-bond donors (Lipinski definition) is 1. The highest BCUT2D eigenvalue weighted by atomic mass is 19.1. The number of nitrogens with zero attached hydrogens (tertiary/aromatic N) is 1. The molecule has 0 saturated heterocycles. The smallest absolute Gasteiger partial charge is 0.123 e. The maximum atomic E-state index is 13.2. The third-order valence-corrected chi connectivity index (χ3v) is 3.07. The summed E-state index contributed by atoms with van der Waals surface area (Å²) in [7, 11) is 0. The number of pyridine rings is 1. The van der Waals surface area contributed by atoms with Gasteiger partial charge in [-0.2, -0.15) is 0 Å². The Morgan fingerprint density at radius 3 is 2.63 bits per heavy atom. The molecule has 100 valence electrons. The van der Waals surface area contributed by atoms with E-state index in [0.29, 0.717) is 6.04 Å². The number of nitrogens with one attached hydrogen (secondary N) is 1. The van der Waals surface area contributed by atoms with Gasteiger partial charge >= 0.3 is 0 Å². The van der Waals surface area contributed by atoms with Crippen LogP contribution in [0, 0.1) is 5.82 Å². The minimum absolute atomic E-state index is 0.172. The van der Waals surface area contributed by atoms with Crippen LogP contribution in [0.2, 0.25) is 0 Å². The highest BCUT2D eigenvalue weighted by molar-refractivity contribution is 5.19. The van der Waals surface area contributed by atoms with Crippen molar-refractivity contribution in [2.24, 2.45) is 0 Å². The molecule has 1 aromatic carbocycles. The van der Waals surface area contributed by atoms with Crippen molar-refractivity contribution in [1.82, 2.24) is 10.3 Å². The van der Waals surface area contributed by atoms with Crippen molar-refractivity contribution in [3.05, 3.63) is 65.7 Å². The monoisotopic (exact) mass is 258 g/mol. The molecule has 2 rings (SSSR count). The predicted molar refractivity (Wildman–Crippen MR) is 75.5 cm³/mol. The van der Waals surface area contributed by atoms with Crippen LogP contribution >= 0.6 is 0 Å². The maximum absolute atomic E-state index is 13.2. The van der Waals surface area contributed by atoms with E-state index in [1.54, 1.807) is 18.3 Å². The van der Waals surface area contributed by atoms with Gasteiger partial charge in [-0.25, -0.2) is 4.39 Å². The maximum Gasteiger partial charge on any atom is 0.123 e. The fourth-order valence-electron chi connectivity index (χ4n) is 2.26. The van der Waals surface area contributed by atoms with E-state index in [-0.39, 0.29) is 5.82 Å². The van der Waals surface area contributed by atoms with Crippen molar-refractivity contribution in [3.8, 4) is 0 Å². The van der Waals surface area contributed by atoms with Crippen LogP contribution in [0.25, 0.3) is 0 Å². The second kappa shape index (κ2) is 7.00. The third kappa shape index (κ3) is 4.45. The minimum Gasteiger partial charge on any atom is -0.314 e. The Hall–Kier alpha value is -1.74. The molecule has 0 aliphatic heterocycles. The summed E-state index contributed by atoms with van der Waals surface area (Å²) in [5.41, 5.74) is 2.22. The Kier molecular flexibility index (Phi) is 5.04. The molecule has 0 bridgehead atoms. The Bertz CT molecular complexity index is 499. The van der Waals surface area contributed by atoms with Crippen LogP contribution in [0.3, 0.4) is 0 Å². The van der Waals surface area contributed by atoms with Gasteiger partial charge in [0.25, 0.3) is 0 Å². The molecule has 0 aliphatic carbocycles. The van der Waals surface area contributed by atoms with E-state index in [1.165, 1.54) is 11.6 Å². The van der Waals surface area contributed by atoms with Crippen LogP contribution in [0.15, 0.2) is 48.8 Å². The second-order valence-electron chi connectivity index (χ2n) is 4.65. The average molecular weight is 258 g/mol. The molecule has 1 aromatic heterocycles. The van der Waals surface area contributed by atoms with Crippen molar-refractivity contribution in [2.45, 2.75) is 25.8 Å². The minimum atomic E-state index is -0.172. The average Bonchev–Trinajstić information content (AvgIpc) is 2.40. The van der Waals surface area contributed by atoms with Crippen LogP contribution in [0.5, 0.6) is 0 Å². The summed E-state index contributed by atoms with van der Waals surface area (Å²) in [6, 6.07) is 11.1. The molecular weight excluding hydrogens is 239 g/mol. The van der Waals surface area contributed by atoms with E-state index in [2.05, 4.69) is 23.3 Å². The molecule has 3 heteroatoms. The Labute approximate surface area is 113 Å². The molecule has 2 nitrogen and oxygen atoms in total. The lowest BCUT2D eigenvalue weighted by atomic mass is 10.00. The van der Waals surface area contributed by atoms with Gasteiger partial charge in [-0.3, -0.25) is 4.98 Å². The van der Waals surface area contributed by atoms with E-state index in [0.717, 1.165) is 24.9 Å². The van der Waals surface area contributed by atoms with Crippen molar-refractivity contribution < 1.29 is 4.39 Å². The number of aromatic nitrogens is 1. The summed E-state index contributed by atoms with van der Waals surface area (Å²) in [4.78, 5) is 4.13. The fraction of sp³-hybridized carbons (Fsp3) is 0.312. The first-order valence-electron chi connectivity index (χ1n) is 6.64. The first-order valence-corrected chi connectivity index (χ1v) is 6.64. The van der Waals surface area contributed by atoms with Gasteiger partial charge < -0.3 is 5.32 Å². The van der Waals surface area contributed by atoms with Gasteiger partial charge in [-0.05, 0) is 48.7 Å². The standard InChI is InChI=1S/C16H19FN2/c1-2-19-16(11-14-6-4-8-18-12-14)10-13-5-3-7-15(17)9-13/h3-9,12,16,19H,2,10-11H2,1H3. The first kappa shape index (κ1) is 13.7. The summed E-state index contributed by atoms with van der Waals surface area (Å²) < 4.78 is 13.2. The van der Waals surface area contributed by atoms with Gasteiger partial charge in [0.05, 0.1) is 0 Å². The zero-order chi connectivity index (χ0) is 13.5. The van der Waals surface area contributed by atoms with Crippen LogP contribution in [0.1, 0.15) is 18.1 Å². The van der Waals surface area contributed by atoms with Crippen molar-refractivity contribution >= 4 is 0 Å². The predicted octanol–water partition coefficient (Wildman–Crippen LogP) is 2.98. The summed E-state index contributed by atoms with van der Waals surface area (Å²) in [6.45, 7) is 2.99. The Morgan fingerprint density at radius 2 is 1.95 bits per heavy atom. The van der Waals surface area contributed by atoms with Crippen molar-refractivity contribution in [2.75, 3.05) is 6.54 Å². The van der Waals surface area contributed by atoms with Gasteiger partial charge in [-0.15, -0.1) is 0 Å². The molecular formula is C16H19FN2. The Balaban J connectivity index is 2.04. The number of hydrogen-bond acceptors (Lipinski definition) is 2. The summed E-state index contributed by atoms with van der Waals surface area (Å²) in [5.74, 6) is -0.172. The molecule has 2 aromatic rings. The number of halogens is 1. The molecule has 1 atom stereocenters.